The lowest BCUT2D eigenvalue weighted by Gasteiger charge is -2.12. The van der Waals surface area contributed by atoms with Gasteiger partial charge in [0.25, 0.3) is 0 Å². The SMILES string of the molecule is CCOC(=O)C(NC)C(=O)NC. The maximum Gasteiger partial charge on any atom is 0.332 e. The second-order valence-corrected chi connectivity index (χ2v) is 2.09. The molecule has 1 unspecified atom stereocenters. The third-order valence-corrected chi connectivity index (χ3v) is 1.32. The summed E-state index contributed by atoms with van der Waals surface area (Å²) in [4.78, 5) is 22.0. The molecular formula is C7H14N2O3. The molecule has 0 saturated heterocycles. The highest BCUT2D eigenvalue weighted by molar-refractivity contribution is 6.01. The van der Waals surface area contributed by atoms with E-state index in [1.165, 1.54) is 14.1 Å². The fourth-order valence-electron chi connectivity index (χ4n) is 0.726. The van der Waals surface area contributed by atoms with Gasteiger partial charge in [0.2, 0.25) is 5.91 Å². The third kappa shape index (κ3) is 2.87. The predicted molar refractivity (Wildman–Crippen MR) is 43.5 cm³/mol. The molecule has 0 radical (unpaired) electrons. The summed E-state index contributed by atoms with van der Waals surface area (Å²) in [7, 11) is 2.99. The molecule has 1 amide bonds. The van der Waals surface area contributed by atoms with Crippen molar-refractivity contribution < 1.29 is 14.3 Å². The summed E-state index contributed by atoms with van der Waals surface area (Å²) in [5.41, 5.74) is 0. The Morgan fingerprint density at radius 2 is 2.00 bits per heavy atom. The van der Waals surface area contributed by atoms with Crippen LogP contribution in [0.1, 0.15) is 6.92 Å². The van der Waals surface area contributed by atoms with Gasteiger partial charge in [0.15, 0.2) is 6.04 Å². The molecule has 0 heterocycles. The van der Waals surface area contributed by atoms with Gasteiger partial charge < -0.3 is 10.1 Å². The van der Waals surface area contributed by atoms with Crippen LogP contribution in [-0.4, -0.2) is 38.6 Å². The number of hydrogen-bond acceptors (Lipinski definition) is 4. The van der Waals surface area contributed by atoms with E-state index in [0.717, 1.165) is 0 Å². The van der Waals surface area contributed by atoms with Crippen molar-refractivity contribution in [1.82, 2.24) is 10.6 Å². The van der Waals surface area contributed by atoms with Gasteiger partial charge in [-0.2, -0.15) is 0 Å². The number of nitrogens with one attached hydrogen (secondary N) is 2. The van der Waals surface area contributed by atoms with E-state index in [-0.39, 0.29) is 6.61 Å². The smallest absolute Gasteiger partial charge is 0.332 e. The van der Waals surface area contributed by atoms with Gasteiger partial charge in [-0.15, -0.1) is 0 Å². The molecule has 5 heteroatoms. The first-order chi connectivity index (χ1) is 5.67. The number of esters is 1. The first-order valence-electron chi connectivity index (χ1n) is 3.72. The van der Waals surface area contributed by atoms with Crippen LogP contribution in [0.15, 0.2) is 0 Å². The highest BCUT2D eigenvalue weighted by Crippen LogP contribution is 1.88. The molecule has 0 bridgehead atoms. The summed E-state index contributed by atoms with van der Waals surface area (Å²) >= 11 is 0. The Bertz CT molecular complexity index is 170. The molecule has 0 aliphatic carbocycles. The minimum absolute atomic E-state index is 0.272. The summed E-state index contributed by atoms with van der Waals surface area (Å²) in [6.45, 7) is 1.96. The van der Waals surface area contributed by atoms with Gasteiger partial charge in [-0.05, 0) is 14.0 Å². The average molecular weight is 174 g/mol. The topological polar surface area (TPSA) is 67.4 Å². The van der Waals surface area contributed by atoms with Gasteiger partial charge in [-0.1, -0.05) is 0 Å². The monoisotopic (exact) mass is 174 g/mol. The Hall–Kier alpha value is -1.10. The van der Waals surface area contributed by atoms with Gasteiger partial charge in [0.1, 0.15) is 0 Å². The molecule has 0 aromatic rings. The van der Waals surface area contributed by atoms with Crippen LogP contribution < -0.4 is 10.6 Å². The quantitative estimate of drug-likeness (QED) is 0.418. The zero-order valence-electron chi connectivity index (χ0n) is 7.51. The van der Waals surface area contributed by atoms with Crippen LogP contribution in [0.5, 0.6) is 0 Å². The Balaban J connectivity index is 4.14. The average Bonchev–Trinajstić information content (AvgIpc) is 2.06. The minimum atomic E-state index is -0.907. The van der Waals surface area contributed by atoms with Crippen molar-refractivity contribution in [3.63, 3.8) is 0 Å². The summed E-state index contributed by atoms with van der Waals surface area (Å²) in [5.74, 6) is -0.949. The lowest BCUT2D eigenvalue weighted by molar-refractivity contribution is -0.148. The molecule has 0 fully saturated rings. The van der Waals surface area contributed by atoms with E-state index in [4.69, 9.17) is 0 Å². The number of hydrogen-bond donors (Lipinski definition) is 2. The van der Waals surface area contributed by atoms with Crippen LogP contribution in [0.3, 0.4) is 0 Å². The maximum absolute atomic E-state index is 11.0. The van der Waals surface area contributed by atoms with Crippen LogP contribution in [0.2, 0.25) is 0 Å². The van der Waals surface area contributed by atoms with Crippen molar-refractivity contribution >= 4 is 11.9 Å². The molecule has 0 aliphatic heterocycles. The first-order valence-corrected chi connectivity index (χ1v) is 3.72. The van der Waals surface area contributed by atoms with Gasteiger partial charge in [0.05, 0.1) is 6.61 Å². The second-order valence-electron chi connectivity index (χ2n) is 2.09. The normalized spacial score (nSPS) is 11.9. The fourth-order valence-corrected chi connectivity index (χ4v) is 0.726. The fraction of sp³-hybridized carbons (Fsp3) is 0.714. The Labute approximate surface area is 71.5 Å². The lowest BCUT2D eigenvalue weighted by atomic mass is 10.3. The Morgan fingerprint density at radius 1 is 1.42 bits per heavy atom. The number of rotatable bonds is 4. The van der Waals surface area contributed by atoms with Crippen molar-refractivity contribution in [1.29, 1.82) is 0 Å². The van der Waals surface area contributed by atoms with Gasteiger partial charge >= 0.3 is 5.97 Å². The molecule has 2 N–H and O–H groups in total. The summed E-state index contributed by atoms with van der Waals surface area (Å²) in [6, 6.07) is -0.907. The van der Waals surface area contributed by atoms with Crippen molar-refractivity contribution in [2.75, 3.05) is 20.7 Å². The van der Waals surface area contributed by atoms with Gasteiger partial charge in [0, 0.05) is 7.05 Å². The maximum atomic E-state index is 11.0. The minimum Gasteiger partial charge on any atom is -0.464 e. The Kier molecular flexibility index (Phi) is 5.03. The lowest BCUT2D eigenvalue weighted by Crippen LogP contribution is -2.47. The number of likely N-dealkylation sites (N-methyl/N-ethyl adjacent to an activating group) is 2. The zero-order chi connectivity index (χ0) is 9.56. The molecule has 0 rings (SSSR count). The second kappa shape index (κ2) is 5.54. The molecule has 0 aliphatic rings. The number of carbonyl (C=O) groups excluding carboxylic acids is 2. The molecule has 70 valence electrons. The van der Waals surface area contributed by atoms with Crippen molar-refractivity contribution in [3.05, 3.63) is 0 Å². The van der Waals surface area contributed by atoms with Crippen LogP contribution in [0, 0.1) is 0 Å². The molecule has 0 saturated carbocycles. The highest BCUT2D eigenvalue weighted by atomic mass is 16.5. The van der Waals surface area contributed by atoms with Crippen LogP contribution in [0.4, 0.5) is 0 Å². The van der Waals surface area contributed by atoms with E-state index in [1.54, 1.807) is 6.92 Å². The molecule has 5 nitrogen and oxygen atoms in total. The molecule has 0 spiro atoms. The van der Waals surface area contributed by atoms with Gasteiger partial charge in [-0.25, -0.2) is 4.79 Å². The van der Waals surface area contributed by atoms with Crippen LogP contribution >= 0.6 is 0 Å². The summed E-state index contributed by atoms with van der Waals surface area (Å²) < 4.78 is 4.66. The Morgan fingerprint density at radius 3 is 2.33 bits per heavy atom. The molecule has 0 aromatic carbocycles. The standard InChI is InChI=1S/C7H14N2O3/c1-4-12-7(11)5(8-2)6(10)9-3/h5,8H,4H2,1-3H3,(H,9,10). The van der Waals surface area contributed by atoms with Crippen molar-refractivity contribution in [3.8, 4) is 0 Å². The van der Waals surface area contributed by atoms with E-state index in [2.05, 4.69) is 15.4 Å². The first kappa shape index (κ1) is 10.9. The zero-order valence-corrected chi connectivity index (χ0v) is 7.51. The third-order valence-electron chi connectivity index (χ3n) is 1.32. The summed E-state index contributed by atoms with van der Waals surface area (Å²) in [6.07, 6.45) is 0. The van der Waals surface area contributed by atoms with E-state index < -0.39 is 17.9 Å². The largest absolute Gasteiger partial charge is 0.464 e. The molecule has 12 heavy (non-hydrogen) atoms. The number of ether oxygens (including phenoxy) is 1. The molecule has 1 atom stereocenters. The van der Waals surface area contributed by atoms with E-state index >= 15 is 0 Å². The number of amides is 1. The molecule has 0 aromatic heterocycles. The van der Waals surface area contributed by atoms with E-state index in [0.29, 0.717) is 0 Å². The van der Waals surface area contributed by atoms with Crippen molar-refractivity contribution in [2.45, 2.75) is 13.0 Å². The van der Waals surface area contributed by atoms with E-state index in [9.17, 15) is 9.59 Å². The summed E-state index contributed by atoms with van der Waals surface area (Å²) in [5, 5.41) is 4.90. The van der Waals surface area contributed by atoms with Crippen molar-refractivity contribution in [2.24, 2.45) is 0 Å². The molecular weight excluding hydrogens is 160 g/mol. The predicted octanol–water partition coefficient (Wildman–Crippen LogP) is -1.12. The van der Waals surface area contributed by atoms with Crippen LogP contribution in [-0.2, 0) is 14.3 Å². The van der Waals surface area contributed by atoms with E-state index in [1.807, 2.05) is 0 Å². The van der Waals surface area contributed by atoms with Crippen LogP contribution in [0.25, 0.3) is 0 Å². The van der Waals surface area contributed by atoms with Gasteiger partial charge in [-0.3, -0.25) is 10.1 Å². The highest BCUT2D eigenvalue weighted by Gasteiger charge is 2.24. The number of carbonyl (C=O) groups is 2.